The van der Waals surface area contributed by atoms with Crippen molar-refractivity contribution in [1.82, 2.24) is 0 Å². The Balaban J connectivity index is 1.95. The van der Waals surface area contributed by atoms with Crippen LogP contribution in [-0.2, 0) is 6.42 Å². The predicted molar refractivity (Wildman–Crippen MR) is 74.5 cm³/mol. The topological polar surface area (TPSA) is 38.0 Å². The van der Waals surface area contributed by atoms with Gasteiger partial charge < -0.3 is 11.1 Å². The number of hydrogen-bond acceptors (Lipinski definition) is 2. The van der Waals surface area contributed by atoms with Crippen LogP contribution in [0.5, 0.6) is 0 Å². The summed E-state index contributed by atoms with van der Waals surface area (Å²) in [4.78, 5) is 0. The van der Waals surface area contributed by atoms with Crippen molar-refractivity contribution >= 4 is 23.0 Å². The van der Waals surface area contributed by atoms with Crippen LogP contribution in [-0.4, -0.2) is 6.54 Å². The van der Waals surface area contributed by atoms with Crippen molar-refractivity contribution < 1.29 is 4.39 Å². The first-order valence-corrected chi connectivity index (χ1v) is 6.07. The lowest BCUT2D eigenvalue weighted by Gasteiger charge is -2.09. The number of nitrogen functional groups attached to an aromatic ring is 1. The molecule has 0 aliphatic heterocycles. The van der Waals surface area contributed by atoms with E-state index in [-0.39, 0.29) is 5.82 Å². The lowest BCUT2D eigenvalue weighted by atomic mass is 10.1. The minimum Gasteiger partial charge on any atom is -0.397 e. The van der Waals surface area contributed by atoms with Gasteiger partial charge in [0, 0.05) is 11.6 Å². The van der Waals surface area contributed by atoms with Crippen molar-refractivity contribution in [1.29, 1.82) is 0 Å². The van der Waals surface area contributed by atoms with Gasteiger partial charge in [-0.3, -0.25) is 0 Å². The second kappa shape index (κ2) is 5.74. The normalized spacial score (nSPS) is 10.3. The Hall–Kier alpha value is -1.74. The van der Waals surface area contributed by atoms with Gasteiger partial charge in [-0.2, -0.15) is 0 Å². The third kappa shape index (κ3) is 3.14. The molecule has 0 atom stereocenters. The molecule has 0 unspecified atom stereocenters. The molecule has 2 rings (SSSR count). The summed E-state index contributed by atoms with van der Waals surface area (Å²) in [6.45, 7) is 0.618. The quantitative estimate of drug-likeness (QED) is 0.826. The maximum absolute atomic E-state index is 13.4. The lowest BCUT2D eigenvalue weighted by Crippen LogP contribution is -2.07. The minimum atomic E-state index is -0.177. The van der Waals surface area contributed by atoms with Gasteiger partial charge in [0.2, 0.25) is 0 Å². The van der Waals surface area contributed by atoms with Crippen LogP contribution in [0.4, 0.5) is 15.8 Å². The molecule has 2 aromatic carbocycles. The maximum atomic E-state index is 13.4. The van der Waals surface area contributed by atoms with E-state index in [1.165, 1.54) is 6.07 Å². The molecule has 4 heteroatoms. The molecule has 94 valence electrons. The molecule has 2 aromatic rings. The second-order valence-electron chi connectivity index (χ2n) is 4.00. The Bertz CT molecular complexity index is 543. The van der Waals surface area contributed by atoms with Crippen molar-refractivity contribution in [2.24, 2.45) is 0 Å². The van der Waals surface area contributed by atoms with Gasteiger partial charge >= 0.3 is 0 Å². The number of rotatable bonds is 4. The van der Waals surface area contributed by atoms with Crippen LogP contribution in [0.15, 0.2) is 42.5 Å². The van der Waals surface area contributed by atoms with E-state index in [1.807, 2.05) is 12.1 Å². The fourth-order valence-electron chi connectivity index (χ4n) is 1.73. The maximum Gasteiger partial charge on any atom is 0.126 e. The van der Waals surface area contributed by atoms with Gasteiger partial charge in [0.25, 0.3) is 0 Å². The van der Waals surface area contributed by atoms with E-state index in [0.29, 0.717) is 29.2 Å². The Kier molecular flexibility index (Phi) is 4.05. The molecule has 0 aliphatic rings. The number of nitrogens with one attached hydrogen (secondary N) is 1. The molecule has 3 N–H and O–H groups in total. The van der Waals surface area contributed by atoms with Crippen molar-refractivity contribution in [3.63, 3.8) is 0 Å². The summed E-state index contributed by atoms with van der Waals surface area (Å²) in [6, 6.07) is 12.0. The number of halogens is 2. The van der Waals surface area contributed by atoms with E-state index in [2.05, 4.69) is 5.32 Å². The lowest BCUT2D eigenvalue weighted by molar-refractivity contribution is 0.610. The summed E-state index contributed by atoms with van der Waals surface area (Å²) >= 11 is 5.81. The zero-order chi connectivity index (χ0) is 13.0. The molecule has 0 spiro atoms. The van der Waals surface area contributed by atoms with E-state index < -0.39 is 0 Å². The molecular weight excluding hydrogens is 251 g/mol. The van der Waals surface area contributed by atoms with Gasteiger partial charge in [0.15, 0.2) is 0 Å². The van der Waals surface area contributed by atoms with E-state index in [0.717, 1.165) is 5.69 Å². The van der Waals surface area contributed by atoms with Crippen LogP contribution in [0.2, 0.25) is 5.02 Å². The van der Waals surface area contributed by atoms with Crippen molar-refractivity contribution in [3.8, 4) is 0 Å². The zero-order valence-corrected chi connectivity index (χ0v) is 10.5. The van der Waals surface area contributed by atoms with E-state index in [1.54, 1.807) is 24.3 Å². The summed E-state index contributed by atoms with van der Waals surface area (Å²) in [5, 5.41) is 3.77. The number of benzene rings is 2. The highest BCUT2D eigenvalue weighted by atomic mass is 35.5. The number of anilines is 2. The highest BCUT2D eigenvalue weighted by molar-refractivity contribution is 6.31. The van der Waals surface area contributed by atoms with Crippen LogP contribution >= 0.6 is 11.6 Å². The van der Waals surface area contributed by atoms with Gasteiger partial charge in [-0.1, -0.05) is 29.8 Å². The van der Waals surface area contributed by atoms with Crippen molar-refractivity contribution in [2.75, 3.05) is 17.6 Å². The van der Waals surface area contributed by atoms with Crippen LogP contribution in [0.1, 0.15) is 5.56 Å². The first-order chi connectivity index (χ1) is 8.66. The molecule has 0 bridgehead atoms. The summed E-state index contributed by atoms with van der Waals surface area (Å²) < 4.78 is 13.4. The molecule has 0 saturated heterocycles. The molecule has 0 heterocycles. The van der Waals surface area contributed by atoms with Gasteiger partial charge in [-0.25, -0.2) is 4.39 Å². The number of hydrogen-bond donors (Lipinski definition) is 2. The fraction of sp³-hybridized carbons (Fsp3) is 0.143. The average Bonchev–Trinajstić information content (AvgIpc) is 2.34. The Morgan fingerprint density at radius 1 is 1.17 bits per heavy atom. The smallest absolute Gasteiger partial charge is 0.126 e. The number of nitrogens with two attached hydrogens (primary N) is 1. The largest absolute Gasteiger partial charge is 0.397 e. The van der Waals surface area contributed by atoms with E-state index >= 15 is 0 Å². The van der Waals surface area contributed by atoms with Gasteiger partial charge in [0.05, 0.1) is 11.4 Å². The molecule has 2 nitrogen and oxygen atoms in total. The Labute approximate surface area is 111 Å². The van der Waals surface area contributed by atoms with Crippen LogP contribution < -0.4 is 11.1 Å². The molecule has 0 radical (unpaired) electrons. The molecule has 18 heavy (non-hydrogen) atoms. The third-order valence-corrected chi connectivity index (χ3v) is 2.92. The van der Waals surface area contributed by atoms with Gasteiger partial charge in [0.1, 0.15) is 5.82 Å². The SMILES string of the molecule is Nc1cc(Cl)ccc1NCCc1ccccc1F. The van der Waals surface area contributed by atoms with E-state index in [4.69, 9.17) is 17.3 Å². The predicted octanol–water partition coefficient (Wildman–Crippen LogP) is 3.72. The highest BCUT2D eigenvalue weighted by Crippen LogP contribution is 2.22. The summed E-state index contributed by atoms with van der Waals surface area (Å²) in [6.07, 6.45) is 0.606. The van der Waals surface area contributed by atoms with Gasteiger partial charge in [-0.05, 0) is 36.2 Å². The van der Waals surface area contributed by atoms with Crippen molar-refractivity contribution in [2.45, 2.75) is 6.42 Å². The van der Waals surface area contributed by atoms with Crippen LogP contribution in [0.25, 0.3) is 0 Å². The van der Waals surface area contributed by atoms with Crippen LogP contribution in [0.3, 0.4) is 0 Å². The first-order valence-electron chi connectivity index (χ1n) is 5.69. The summed E-state index contributed by atoms with van der Waals surface area (Å²) in [5.74, 6) is -0.177. The Morgan fingerprint density at radius 2 is 1.94 bits per heavy atom. The third-order valence-electron chi connectivity index (χ3n) is 2.68. The Morgan fingerprint density at radius 3 is 2.67 bits per heavy atom. The molecule has 0 amide bonds. The highest BCUT2D eigenvalue weighted by Gasteiger charge is 2.02. The van der Waals surface area contributed by atoms with Crippen molar-refractivity contribution in [3.05, 3.63) is 58.9 Å². The monoisotopic (exact) mass is 264 g/mol. The first kappa shape index (κ1) is 12.7. The standard InChI is InChI=1S/C14H14ClFN2/c15-11-5-6-14(13(17)9-11)18-8-7-10-3-1-2-4-12(10)16/h1-6,9,18H,7-8,17H2. The van der Waals surface area contributed by atoms with Gasteiger partial charge in [-0.15, -0.1) is 0 Å². The zero-order valence-electron chi connectivity index (χ0n) is 9.79. The fourth-order valence-corrected chi connectivity index (χ4v) is 1.91. The summed E-state index contributed by atoms with van der Waals surface area (Å²) in [5.41, 5.74) is 7.91. The average molecular weight is 265 g/mol. The molecule has 0 aliphatic carbocycles. The molecule has 0 aromatic heterocycles. The molecular formula is C14H14ClFN2. The second-order valence-corrected chi connectivity index (χ2v) is 4.44. The summed E-state index contributed by atoms with van der Waals surface area (Å²) in [7, 11) is 0. The van der Waals surface area contributed by atoms with E-state index in [9.17, 15) is 4.39 Å². The minimum absolute atomic E-state index is 0.177. The molecule has 0 fully saturated rings. The molecule has 0 saturated carbocycles. The van der Waals surface area contributed by atoms with Crippen LogP contribution in [0, 0.1) is 5.82 Å².